The van der Waals surface area contributed by atoms with Gasteiger partial charge in [-0.3, -0.25) is 4.79 Å². The van der Waals surface area contributed by atoms with Crippen LogP contribution in [0.4, 0.5) is 5.69 Å². The number of hydrogen-bond acceptors (Lipinski definition) is 6. The molecule has 1 aliphatic heterocycles. The topological polar surface area (TPSA) is 57.2 Å². The van der Waals surface area contributed by atoms with Gasteiger partial charge in [0, 0.05) is 32.2 Å². The minimum atomic E-state index is -0.156. The molecular weight excluding hydrogens is 396 g/mol. The Morgan fingerprint density at radius 2 is 1.96 bits per heavy atom. The number of carbonyl (C=O) groups excluding carboxylic acids is 1. The predicted octanol–water partition coefficient (Wildman–Crippen LogP) is 3.32. The summed E-state index contributed by atoms with van der Waals surface area (Å²) in [6.07, 6.45) is 0.512. The Kier molecular flexibility index (Phi) is 6.93. The molecule has 1 unspecified atom stereocenters. The molecule has 1 aromatic carbocycles. The van der Waals surface area contributed by atoms with Gasteiger partial charge in [-0.05, 0) is 43.9 Å². The lowest BCUT2D eigenvalue weighted by Crippen LogP contribution is -2.31. The van der Waals surface area contributed by atoms with Crippen LogP contribution in [0.25, 0.3) is 0 Å². The number of thiophene rings is 1. The van der Waals surface area contributed by atoms with Crippen LogP contribution in [-0.4, -0.2) is 63.4 Å². The van der Waals surface area contributed by atoms with Crippen LogP contribution in [0.3, 0.4) is 0 Å². The molecule has 1 amide bonds. The van der Waals surface area contributed by atoms with Crippen LogP contribution in [-0.2, 0) is 4.84 Å². The van der Waals surface area contributed by atoms with Gasteiger partial charge < -0.3 is 20.0 Å². The number of carbonyl (C=O) groups is 1. The van der Waals surface area contributed by atoms with Gasteiger partial charge in [-0.15, -0.1) is 11.3 Å². The molecule has 0 fully saturated rings. The van der Waals surface area contributed by atoms with Crippen molar-refractivity contribution in [1.29, 1.82) is 0 Å². The molecule has 1 N–H and O–H groups in total. The number of nitrogens with one attached hydrogen (secondary N) is 1. The number of hydrogen-bond donors (Lipinski definition) is 1. The summed E-state index contributed by atoms with van der Waals surface area (Å²) < 4.78 is 0.601. The molecule has 3 rings (SSSR count). The number of amides is 1. The third-order valence-electron chi connectivity index (χ3n) is 4.54. The average Bonchev–Trinajstić information content (AvgIpc) is 3.33. The highest BCUT2D eigenvalue weighted by atomic mass is 35.5. The van der Waals surface area contributed by atoms with Crippen LogP contribution in [0.2, 0.25) is 4.34 Å². The lowest BCUT2D eigenvalue weighted by molar-refractivity contribution is 0.0755. The van der Waals surface area contributed by atoms with E-state index in [1.807, 2.05) is 0 Å². The Hall–Kier alpha value is -2.09. The Labute approximate surface area is 174 Å². The van der Waals surface area contributed by atoms with Gasteiger partial charge in [-0.2, -0.15) is 0 Å². The third-order valence-corrected chi connectivity index (χ3v) is 5.77. The second-order valence-electron chi connectivity index (χ2n) is 7.06. The molecule has 150 valence electrons. The molecule has 0 saturated carbocycles. The Bertz CT molecular complexity index is 835. The van der Waals surface area contributed by atoms with E-state index in [1.165, 1.54) is 17.0 Å². The normalized spacial score (nSPS) is 16.0. The van der Waals surface area contributed by atoms with Gasteiger partial charge in [0.15, 0.2) is 0 Å². The molecule has 0 spiro atoms. The molecule has 2 aromatic rings. The molecule has 6 nitrogen and oxygen atoms in total. The highest BCUT2D eigenvalue weighted by Crippen LogP contribution is 2.22. The molecular formula is C20H25ClN4O2S. The molecule has 8 heteroatoms. The van der Waals surface area contributed by atoms with Crippen LogP contribution >= 0.6 is 22.9 Å². The van der Waals surface area contributed by atoms with E-state index in [2.05, 4.69) is 65.7 Å². The van der Waals surface area contributed by atoms with Crippen molar-refractivity contribution in [3.05, 3.63) is 51.2 Å². The summed E-state index contributed by atoms with van der Waals surface area (Å²) in [6.45, 7) is 2.38. The van der Waals surface area contributed by atoms with Crippen LogP contribution in [0, 0.1) is 0 Å². The Morgan fingerprint density at radius 1 is 1.21 bits per heavy atom. The number of benzene rings is 1. The van der Waals surface area contributed by atoms with E-state index in [9.17, 15) is 4.79 Å². The summed E-state index contributed by atoms with van der Waals surface area (Å²) in [5.41, 5.74) is 3.12. The van der Waals surface area contributed by atoms with Gasteiger partial charge in [0.2, 0.25) is 0 Å². The van der Waals surface area contributed by atoms with Crippen LogP contribution in [0.1, 0.15) is 21.7 Å². The third kappa shape index (κ3) is 5.47. The largest absolute Gasteiger partial charge is 0.390 e. The molecule has 1 atom stereocenters. The van der Waals surface area contributed by atoms with Crippen LogP contribution in [0.5, 0.6) is 0 Å². The molecule has 0 saturated heterocycles. The number of likely N-dealkylation sites (N-methyl/N-ethyl adjacent to an activating group) is 2. The van der Waals surface area contributed by atoms with Crippen molar-refractivity contribution in [1.82, 2.24) is 10.2 Å². The predicted molar refractivity (Wildman–Crippen MR) is 116 cm³/mol. The number of halogens is 1. The summed E-state index contributed by atoms with van der Waals surface area (Å²) in [7, 11) is 6.24. The Morgan fingerprint density at radius 3 is 2.61 bits per heavy atom. The van der Waals surface area contributed by atoms with E-state index in [4.69, 9.17) is 16.4 Å². The van der Waals surface area contributed by atoms with E-state index in [0.29, 0.717) is 22.2 Å². The van der Waals surface area contributed by atoms with Gasteiger partial charge in [-0.25, -0.2) is 0 Å². The number of anilines is 1. The molecule has 0 bridgehead atoms. The molecule has 28 heavy (non-hydrogen) atoms. The fourth-order valence-corrected chi connectivity index (χ4v) is 3.79. The molecule has 0 radical (unpaired) electrons. The van der Waals surface area contributed by atoms with Crippen molar-refractivity contribution >= 4 is 40.2 Å². The molecule has 1 aliphatic rings. The summed E-state index contributed by atoms with van der Waals surface area (Å²) in [4.78, 5) is 22.6. The van der Waals surface area contributed by atoms with Gasteiger partial charge in [0.1, 0.15) is 6.10 Å². The first-order chi connectivity index (χ1) is 13.4. The highest BCUT2D eigenvalue weighted by molar-refractivity contribution is 7.17. The van der Waals surface area contributed by atoms with Gasteiger partial charge in [0.25, 0.3) is 5.91 Å². The smallest absolute Gasteiger partial charge is 0.261 e. The number of nitrogens with zero attached hydrogens (tertiary/aromatic N) is 3. The second kappa shape index (κ2) is 9.41. The standard InChI is InChI=1S/C20H25ClN4O2S/c1-24(2)10-11-25(3)15-6-4-14(5-7-15)17-12-16(27-23-17)13-22-20(26)18-8-9-19(21)28-18/h4-9,16H,10-13H2,1-3H3,(H,22,26). The maximum Gasteiger partial charge on any atom is 0.261 e. The monoisotopic (exact) mass is 420 g/mol. The van der Waals surface area contributed by atoms with Gasteiger partial charge >= 0.3 is 0 Å². The van der Waals surface area contributed by atoms with Crippen molar-refractivity contribution in [2.24, 2.45) is 5.16 Å². The summed E-state index contributed by atoms with van der Waals surface area (Å²) in [6, 6.07) is 11.8. The van der Waals surface area contributed by atoms with Crippen molar-refractivity contribution < 1.29 is 9.63 Å². The highest BCUT2D eigenvalue weighted by Gasteiger charge is 2.23. The van der Waals surface area contributed by atoms with Crippen molar-refractivity contribution in [2.45, 2.75) is 12.5 Å². The van der Waals surface area contributed by atoms with Gasteiger partial charge in [0.05, 0.1) is 21.5 Å². The zero-order valence-corrected chi connectivity index (χ0v) is 17.9. The Balaban J connectivity index is 1.48. The first kappa shape index (κ1) is 20.6. The lowest BCUT2D eigenvalue weighted by Gasteiger charge is -2.21. The first-order valence-electron chi connectivity index (χ1n) is 9.15. The minimum absolute atomic E-state index is 0.140. The average molecular weight is 421 g/mol. The van der Waals surface area contributed by atoms with E-state index >= 15 is 0 Å². The van der Waals surface area contributed by atoms with Crippen LogP contribution in [0.15, 0.2) is 41.6 Å². The van der Waals surface area contributed by atoms with Gasteiger partial charge in [-0.1, -0.05) is 28.9 Å². The summed E-state index contributed by atoms with van der Waals surface area (Å²) in [5, 5.41) is 7.08. The fraction of sp³-hybridized carbons (Fsp3) is 0.400. The van der Waals surface area contributed by atoms with Crippen LogP contribution < -0.4 is 10.2 Å². The molecule has 0 aliphatic carbocycles. The first-order valence-corrected chi connectivity index (χ1v) is 10.3. The zero-order chi connectivity index (χ0) is 20.1. The minimum Gasteiger partial charge on any atom is -0.390 e. The summed E-state index contributed by atoms with van der Waals surface area (Å²) in [5.74, 6) is -0.140. The van der Waals surface area contributed by atoms with Crippen molar-refractivity contribution in [2.75, 3.05) is 45.7 Å². The second-order valence-corrected chi connectivity index (χ2v) is 8.77. The summed E-state index contributed by atoms with van der Waals surface area (Å²) >= 11 is 7.13. The van der Waals surface area contributed by atoms with Crippen molar-refractivity contribution in [3.63, 3.8) is 0 Å². The van der Waals surface area contributed by atoms with E-state index < -0.39 is 0 Å². The maximum absolute atomic E-state index is 12.1. The number of rotatable bonds is 8. The molecule has 1 aromatic heterocycles. The SMILES string of the molecule is CN(C)CCN(C)c1ccc(C2=NOC(CNC(=O)c3ccc(Cl)s3)C2)cc1. The zero-order valence-electron chi connectivity index (χ0n) is 16.3. The quantitative estimate of drug-likeness (QED) is 0.711. The van der Waals surface area contributed by atoms with E-state index in [0.717, 1.165) is 24.4 Å². The van der Waals surface area contributed by atoms with Crippen molar-refractivity contribution in [3.8, 4) is 0 Å². The number of oxime groups is 1. The molecule has 2 heterocycles. The lowest BCUT2D eigenvalue weighted by atomic mass is 10.0. The fourth-order valence-electron chi connectivity index (χ4n) is 2.83. The van der Waals surface area contributed by atoms with E-state index in [-0.39, 0.29) is 12.0 Å². The maximum atomic E-state index is 12.1. The van der Waals surface area contributed by atoms with E-state index in [1.54, 1.807) is 12.1 Å².